The second-order valence-electron chi connectivity index (χ2n) is 4.32. The van der Waals surface area contributed by atoms with Crippen molar-refractivity contribution in [1.82, 2.24) is 0 Å². The Morgan fingerprint density at radius 2 is 1.95 bits per heavy atom. The van der Waals surface area contributed by atoms with Crippen LogP contribution in [-0.2, 0) is 10.0 Å². The molecule has 108 valence electrons. The van der Waals surface area contributed by atoms with Crippen LogP contribution in [0.2, 0.25) is 5.02 Å². The fourth-order valence-corrected chi connectivity index (χ4v) is 3.14. The molecular formula is C14H10ClFN2O2S. The first-order valence-electron chi connectivity index (χ1n) is 5.82. The summed E-state index contributed by atoms with van der Waals surface area (Å²) < 4.78 is 39.9. The molecule has 0 radical (unpaired) electrons. The Labute approximate surface area is 126 Å². The van der Waals surface area contributed by atoms with Crippen LogP contribution in [0.25, 0.3) is 0 Å². The normalized spacial score (nSPS) is 11.0. The molecule has 2 rings (SSSR count). The summed E-state index contributed by atoms with van der Waals surface area (Å²) in [5, 5.41) is 8.83. The van der Waals surface area contributed by atoms with E-state index in [9.17, 15) is 12.8 Å². The van der Waals surface area contributed by atoms with Gasteiger partial charge in [-0.05, 0) is 48.9 Å². The van der Waals surface area contributed by atoms with Gasteiger partial charge in [0.05, 0.1) is 21.2 Å². The molecule has 0 aliphatic heterocycles. The Bertz CT molecular complexity index is 845. The number of sulfonamides is 1. The Kier molecular flexibility index (Phi) is 4.16. The van der Waals surface area contributed by atoms with E-state index < -0.39 is 15.8 Å². The van der Waals surface area contributed by atoms with E-state index in [-0.39, 0.29) is 21.2 Å². The highest BCUT2D eigenvalue weighted by atomic mass is 35.5. The highest BCUT2D eigenvalue weighted by molar-refractivity contribution is 7.92. The van der Waals surface area contributed by atoms with Crippen molar-refractivity contribution < 1.29 is 12.8 Å². The van der Waals surface area contributed by atoms with Crippen LogP contribution in [0.15, 0.2) is 41.3 Å². The van der Waals surface area contributed by atoms with Crippen LogP contribution in [0.1, 0.15) is 11.1 Å². The van der Waals surface area contributed by atoms with Crippen molar-refractivity contribution in [2.75, 3.05) is 4.72 Å². The van der Waals surface area contributed by atoms with Crippen LogP contribution in [0.3, 0.4) is 0 Å². The quantitative estimate of drug-likeness (QED) is 0.940. The minimum absolute atomic E-state index is 0.0520. The fraction of sp³-hybridized carbons (Fsp3) is 0.0714. The molecule has 0 saturated heterocycles. The van der Waals surface area contributed by atoms with Crippen molar-refractivity contribution >= 4 is 27.3 Å². The fourth-order valence-electron chi connectivity index (χ4n) is 1.70. The van der Waals surface area contributed by atoms with Crippen LogP contribution in [0, 0.1) is 24.1 Å². The first-order chi connectivity index (χ1) is 9.83. The lowest BCUT2D eigenvalue weighted by molar-refractivity contribution is 0.601. The van der Waals surface area contributed by atoms with Gasteiger partial charge in [-0.3, -0.25) is 4.72 Å². The van der Waals surface area contributed by atoms with Gasteiger partial charge in [0, 0.05) is 0 Å². The van der Waals surface area contributed by atoms with Gasteiger partial charge in [0.1, 0.15) is 11.9 Å². The van der Waals surface area contributed by atoms with E-state index in [0.717, 1.165) is 6.07 Å². The van der Waals surface area contributed by atoms with E-state index >= 15 is 0 Å². The topological polar surface area (TPSA) is 70.0 Å². The Balaban J connectivity index is 2.39. The van der Waals surface area contributed by atoms with Crippen molar-refractivity contribution in [2.24, 2.45) is 0 Å². The van der Waals surface area contributed by atoms with Crippen molar-refractivity contribution in [1.29, 1.82) is 5.26 Å². The Morgan fingerprint density at radius 3 is 2.52 bits per heavy atom. The number of nitrogens with zero attached hydrogens (tertiary/aromatic N) is 1. The largest absolute Gasteiger partial charge is 0.279 e. The molecule has 1 N–H and O–H groups in total. The average Bonchev–Trinajstić information content (AvgIpc) is 2.42. The number of aryl methyl sites for hydroxylation is 1. The van der Waals surface area contributed by atoms with E-state index in [1.165, 1.54) is 30.3 Å². The van der Waals surface area contributed by atoms with Gasteiger partial charge < -0.3 is 0 Å². The summed E-state index contributed by atoms with van der Waals surface area (Å²) in [4.78, 5) is -0.0739. The van der Waals surface area contributed by atoms with Crippen molar-refractivity contribution in [3.8, 4) is 6.07 Å². The Hall–Kier alpha value is -2.10. The summed E-state index contributed by atoms with van der Waals surface area (Å²) in [5.41, 5.74) is 0.920. The first-order valence-corrected chi connectivity index (χ1v) is 7.68. The lowest BCUT2D eigenvalue weighted by Gasteiger charge is -2.11. The molecule has 0 unspecified atom stereocenters. The van der Waals surface area contributed by atoms with Gasteiger partial charge in [-0.25, -0.2) is 12.8 Å². The van der Waals surface area contributed by atoms with Crippen molar-refractivity contribution in [3.63, 3.8) is 0 Å². The number of anilines is 1. The second-order valence-corrected chi connectivity index (χ2v) is 6.41. The number of hydrogen-bond donors (Lipinski definition) is 1. The van der Waals surface area contributed by atoms with E-state index in [2.05, 4.69) is 4.72 Å². The van der Waals surface area contributed by atoms with E-state index in [0.29, 0.717) is 5.56 Å². The highest BCUT2D eigenvalue weighted by Gasteiger charge is 2.17. The minimum atomic E-state index is -3.86. The maximum absolute atomic E-state index is 13.0. The van der Waals surface area contributed by atoms with Crippen LogP contribution in [0.5, 0.6) is 0 Å². The molecule has 0 aliphatic carbocycles. The highest BCUT2D eigenvalue weighted by Crippen LogP contribution is 2.24. The molecule has 0 saturated carbocycles. The van der Waals surface area contributed by atoms with Gasteiger partial charge in [-0.15, -0.1) is 0 Å². The number of nitrogens with one attached hydrogen (secondary N) is 1. The SMILES string of the molecule is Cc1cc(F)ccc1NS(=O)(=O)c1ccc(C#N)c(Cl)c1. The minimum Gasteiger partial charge on any atom is -0.279 e. The number of nitriles is 1. The smallest absolute Gasteiger partial charge is 0.261 e. The molecule has 0 heterocycles. The van der Waals surface area contributed by atoms with Gasteiger partial charge in [0.15, 0.2) is 0 Å². The molecule has 4 nitrogen and oxygen atoms in total. The monoisotopic (exact) mass is 324 g/mol. The predicted octanol–water partition coefficient (Wildman–Crippen LogP) is 3.46. The summed E-state index contributed by atoms with van der Waals surface area (Å²) >= 11 is 5.83. The summed E-state index contributed by atoms with van der Waals surface area (Å²) in [6.45, 7) is 1.59. The van der Waals surface area contributed by atoms with E-state index in [1.54, 1.807) is 6.92 Å². The zero-order valence-corrected chi connectivity index (χ0v) is 12.5. The molecule has 0 aromatic heterocycles. The maximum atomic E-state index is 13.0. The third kappa shape index (κ3) is 3.32. The second kappa shape index (κ2) is 5.72. The molecule has 0 atom stereocenters. The molecule has 0 amide bonds. The molecule has 21 heavy (non-hydrogen) atoms. The van der Waals surface area contributed by atoms with Gasteiger partial charge in [0.2, 0.25) is 0 Å². The lowest BCUT2D eigenvalue weighted by Crippen LogP contribution is -2.14. The molecule has 2 aromatic carbocycles. The zero-order valence-electron chi connectivity index (χ0n) is 10.9. The number of halogens is 2. The summed E-state index contributed by atoms with van der Waals surface area (Å²) in [5.74, 6) is -0.447. The number of rotatable bonds is 3. The average molecular weight is 325 g/mol. The van der Waals surface area contributed by atoms with Gasteiger partial charge in [-0.2, -0.15) is 5.26 Å². The molecule has 0 aliphatic rings. The maximum Gasteiger partial charge on any atom is 0.261 e. The number of benzene rings is 2. The van der Waals surface area contributed by atoms with Crippen molar-refractivity contribution in [2.45, 2.75) is 11.8 Å². The third-order valence-electron chi connectivity index (χ3n) is 2.80. The summed E-state index contributed by atoms with van der Waals surface area (Å²) in [6.07, 6.45) is 0. The molecular weight excluding hydrogens is 315 g/mol. The molecule has 0 fully saturated rings. The van der Waals surface area contributed by atoms with Gasteiger partial charge in [-0.1, -0.05) is 11.6 Å². The van der Waals surface area contributed by atoms with Crippen molar-refractivity contribution in [3.05, 3.63) is 58.4 Å². The van der Waals surface area contributed by atoms with E-state index in [1.807, 2.05) is 6.07 Å². The zero-order chi connectivity index (χ0) is 15.6. The van der Waals surface area contributed by atoms with Crippen LogP contribution >= 0.6 is 11.6 Å². The predicted molar refractivity (Wildman–Crippen MR) is 78.1 cm³/mol. The van der Waals surface area contributed by atoms with E-state index in [4.69, 9.17) is 16.9 Å². The first kappa shape index (κ1) is 15.3. The van der Waals surface area contributed by atoms with Gasteiger partial charge in [0.25, 0.3) is 10.0 Å². The Morgan fingerprint density at radius 1 is 1.24 bits per heavy atom. The molecule has 2 aromatic rings. The van der Waals surface area contributed by atoms with Gasteiger partial charge >= 0.3 is 0 Å². The number of hydrogen-bond acceptors (Lipinski definition) is 3. The summed E-state index contributed by atoms with van der Waals surface area (Å²) in [7, 11) is -3.86. The third-order valence-corrected chi connectivity index (χ3v) is 4.48. The van der Waals surface area contributed by atoms with Crippen LogP contribution < -0.4 is 4.72 Å². The molecule has 0 bridgehead atoms. The standard InChI is InChI=1S/C14H10ClFN2O2S/c1-9-6-11(16)3-5-14(9)18-21(19,20)12-4-2-10(8-17)13(15)7-12/h2-7,18H,1H3. The summed E-state index contributed by atoms with van der Waals surface area (Å²) in [6, 6.07) is 9.39. The van der Waals surface area contributed by atoms with Crippen LogP contribution in [-0.4, -0.2) is 8.42 Å². The lowest BCUT2D eigenvalue weighted by atomic mass is 10.2. The van der Waals surface area contributed by atoms with Crippen LogP contribution in [0.4, 0.5) is 10.1 Å². The molecule has 0 spiro atoms. The molecule has 7 heteroatoms.